The number of anilines is 2. The zero-order valence-corrected chi connectivity index (χ0v) is 28.3. The van der Waals surface area contributed by atoms with E-state index >= 15 is 0 Å². The van der Waals surface area contributed by atoms with Gasteiger partial charge in [0, 0.05) is 35.1 Å². The lowest BCUT2D eigenvalue weighted by Crippen LogP contribution is -2.42. The molecule has 0 amide bonds. The van der Waals surface area contributed by atoms with Crippen LogP contribution < -0.4 is 10.2 Å². The molecule has 1 saturated carbocycles. The smallest absolute Gasteiger partial charge is 0.383 e. The maximum atomic E-state index is 14.3. The summed E-state index contributed by atoms with van der Waals surface area (Å²) in [6.07, 6.45) is -1.95. The normalized spacial score (nSPS) is 15.7. The summed E-state index contributed by atoms with van der Waals surface area (Å²) in [6.45, 7) is 6.76. The summed E-state index contributed by atoms with van der Waals surface area (Å²) in [5.41, 5.74) is -0.545. The van der Waals surface area contributed by atoms with Gasteiger partial charge in [-0.1, -0.05) is 43.7 Å². The maximum absolute atomic E-state index is 14.3. The van der Waals surface area contributed by atoms with Crippen LogP contribution in [0.25, 0.3) is 10.9 Å². The third-order valence-corrected chi connectivity index (χ3v) is 8.61. The summed E-state index contributed by atoms with van der Waals surface area (Å²) in [6, 6.07) is 6.12. The number of hydrogen-bond donors (Lipinski definition) is 4. The maximum Gasteiger partial charge on any atom is 0.471 e. The number of nitrogens with zero attached hydrogens (tertiary/aromatic N) is 7. The number of hydrogen-bond acceptors (Lipinski definition) is 11. The van der Waals surface area contributed by atoms with E-state index in [9.17, 15) is 37.9 Å². The van der Waals surface area contributed by atoms with Gasteiger partial charge in [0.1, 0.15) is 23.3 Å². The second kappa shape index (κ2) is 13.8. The zero-order valence-electron chi connectivity index (χ0n) is 26.7. The molecule has 4 N–H and O–H groups in total. The molecular weight excluding hydrogens is 692 g/mol. The molecule has 3 heterocycles. The van der Waals surface area contributed by atoms with Crippen molar-refractivity contribution in [1.82, 2.24) is 25.0 Å². The van der Waals surface area contributed by atoms with E-state index in [0.29, 0.717) is 17.6 Å². The average Bonchev–Trinajstić information content (AvgIpc) is 3.68. The van der Waals surface area contributed by atoms with Crippen molar-refractivity contribution >= 4 is 41.7 Å². The first kappa shape index (κ1) is 36.4. The average molecular weight is 725 g/mol. The number of aliphatic hydroxyl groups excluding tert-OH is 1. The largest absolute Gasteiger partial charge is 0.471 e. The molecule has 2 atom stereocenters. The Balaban J connectivity index is 1.75. The number of halogens is 4. The lowest BCUT2D eigenvalue weighted by atomic mass is 9.96. The van der Waals surface area contributed by atoms with Gasteiger partial charge in [0.15, 0.2) is 6.79 Å². The van der Waals surface area contributed by atoms with Crippen molar-refractivity contribution in [3.8, 4) is 6.07 Å². The van der Waals surface area contributed by atoms with Crippen molar-refractivity contribution in [1.29, 1.82) is 5.26 Å². The molecule has 0 radical (unpaired) electrons. The number of ether oxygens (including phenoxy) is 1. The van der Waals surface area contributed by atoms with Gasteiger partial charge in [0.2, 0.25) is 12.4 Å². The predicted octanol–water partition coefficient (Wildman–Crippen LogP) is 5.36. The minimum Gasteiger partial charge on any atom is -0.383 e. The Morgan fingerprint density at radius 2 is 1.98 bits per heavy atom. The highest BCUT2D eigenvalue weighted by atomic mass is 35.5. The first-order valence-electron chi connectivity index (χ1n) is 14.8. The van der Waals surface area contributed by atoms with Crippen LogP contribution in [0.2, 0.25) is 5.02 Å². The highest BCUT2D eigenvalue weighted by molar-refractivity contribution is 7.46. The Labute approximate surface area is 283 Å². The fraction of sp³-hybridized carbons (Fsp3) is 0.433. The van der Waals surface area contributed by atoms with E-state index in [4.69, 9.17) is 16.3 Å². The summed E-state index contributed by atoms with van der Waals surface area (Å²) < 4.78 is 64.6. The molecule has 1 aliphatic rings. The van der Waals surface area contributed by atoms with Gasteiger partial charge in [0.25, 0.3) is 6.43 Å². The Hall–Kier alpha value is -3.88. The van der Waals surface area contributed by atoms with Gasteiger partial charge in [-0.25, -0.2) is 23.0 Å². The zero-order chi connectivity index (χ0) is 35.9. The molecule has 1 fully saturated rings. The molecule has 0 bridgehead atoms. The van der Waals surface area contributed by atoms with Crippen LogP contribution in [0.4, 0.5) is 24.5 Å². The number of nitrogens with one attached hydrogen (secondary N) is 1. The van der Waals surface area contributed by atoms with Gasteiger partial charge in [-0.15, -0.1) is 5.10 Å². The molecule has 0 aliphatic heterocycles. The highest BCUT2D eigenvalue weighted by Crippen LogP contribution is 2.49. The summed E-state index contributed by atoms with van der Waals surface area (Å²) in [7, 11) is -5.04. The molecule has 4 aromatic rings. The molecular formula is C30H33ClF3N8O6P. The first-order valence-corrected chi connectivity index (χ1v) is 16.7. The molecule has 49 heavy (non-hydrogen) atoms. The second-order valence-corrected chi connectivity index (χ2v) is 14.4. The number of alkyl halides is 2. The van der Waals surface area contributed by atoms with Crippen LogP contribution >= 0.6 is 19.4 Å². The number of nitriles is 1. The number of aryl methyl sites for hydroxylation is 1. The van der Waals surface area contributed by atoms with E-state index in [1.807, 2.05) is 20.8 Å². The third-order valence-electron chi connectivity index (χ3n) is 7.88. The number of aliphatic hydroxyl groups is 1. The van der Waals surface area contributed by atoms with E-state index in [-0.39, 0.29) is 57.0 Å². The van der Waals surface area contributed by atoms with Crippen molar-refractivity contribution in [3.05, 3.63) is 70.1 Å². The van der Waals surface area contributed by atoms with Crippen LogP contribution in [-0.2, 0) is 19.4 Å². The van der Waals surface area contributed by atoms with E-state index in [1.54, 1.807) is 0 Å². The Bertz CT molecular complexity index is 1950. The van der Waals surface area contributed by atoms with Crippen molar-refractivity contribution in [2.75, 3.05) is 23.6 Å². The molecule has 1 aromatic carbocycles. The van der Waals surface area contributed by atoms with E-state index in [1.165, 1.54) is 37.5 Å². The number of aromatic nitrogens is 5. The Morgan fingerprint density at radius 3 is 2.57 bits per heavy atom. The molecule has 1 aliphatic carbocycles. The van der Waals surface area contributed by atoms with Crippen LogP contribution in [0, 0.1) is 29.6 Å². The molecule has 19 heteroatoms. The number of phosphoric ester groups is 1. The van der Waals surface area contributed by atoms with Crippen molar-refractivity contribution < 1.29 is 41.9 Å². The fourth-order valence-corrected chi connectivity index (χ4v) is 5.70. The molecule has 0 saturated heterocycles. The fourth-order valence-electron chi connectivity index (χ4n) is 5.24. The summed E-state index contributed by atoms with van der Waals surface area (Å²) >= 11 is 6.76. The number of rotatable bonds is 13. The van der Waals surface area contributed by atoms with Crippen LogP contribution in [0.1, 0.15) is 62.2 Å². The number of pyridine rings is 2. The van der Waals surface area contributed by atoms with Gasteiger partial charge in [-0.05, 0) is 43.4 Å². The summed E-state index contributed by atoms with van der Waals surface area (Å²) in [4.78, 5) is 27.8. The molecule has 262 valence electrons. The third kappa shape index (κ3) is 7.97. The van der Waals surface area contributed by atoms with Gasteiger partial charge in [-0.2, -0.15) is 9.65 Å². The quantitative estimate of drug-likeness (QED) is 0.0783. The lowest BCUT2D eigenvalue weighted by molar-refractivity contribution is -0.148. The van der Waals surface area contributed by atoms with Gasteiger partial charge in [-0.3, -0.25) is 9.51 Å². The van der Waals surface area contributed by atoms with Crippen LogP contribution in [0.15, 0.2) is 36.7 Å². The van der Waals surface area contributed by atoms with Crippen LogP contribution in [0.3, 0.4) is 0 Å². The lowest BCUT2D eigenvalue weighted by Gasteiger charge is -2.36. The molecule has 5 rings (SSSR count). The minimum absolute atomic E-state index is 0.00631. The van der Waals surface area contributed by atoms with E-state index in [2.05, 4.69) is 36.2 Å². The molecule has 3 aromatic heterocycles. The van der Waals surface area contributed by atoms with Crippen molar-refractivity contribution in [2.45, 2.75) is 65.0 Å². The van der Waals surface area contributed by atoms with E-state index in [0.717, 1.165) is 15.6 Å². The van der Waals surface area contributed by atoms with Crippen molar-refractivity contribution in [2.24, 2.45) is 5.41 Å². The summed E-state index contributed by atoms with van der Waals surface area (Å²) in [5, 5.41) is 33.4. The van der Waals surface area contributed by atoms with Crippen molar-refractivity contribution in [3.63, 3.8) is 0 Å². The summed E-state index contributed by atoms with van der Waals surface area (Å²) in [5.74, 6) is -0.824. The van der Waals surface area contributed by atoms with E-state index < -0.39 is 45.0 Å². The first-order chi connectivity index (χ1) is 22.9. The molecule has 0 spiro atoms. The number of benzene rings is 1. The molecule has 1 unspecified atom stereocenters. The monoisotopic (exact) mass is 724 g/mol. The highest BCUT2D eigenvalue weighted by Gasteiger charge is 2.54. The Kier molecular flexibility index (Phi) is 10.2. The molecule has 14 nitrogen and oxygen atoms in total. The topological polar surface area (TPSA) is 192 Å². The van der Waals surface area contributed by atoms with Gasteiger partial charge in [0.05, 0.1) is 28.0 Å². The van der Waals surface area contributed by atoms with Gasteiger partial charge < -0.3 is 29.8 Å². The Morgan fingerprint density at radius 1 is 1.27 bits per heavy atom. The van der Waals surface area contributed by atoms with Crippen LogP contribution in [-0.4, -0.2) is 66.0 Å². The predicted molar refractivity (Wildman–Crippen MR) is 171 cm³/mol. The minimum atomic E-state index is -5.04. The van der Waals surface area contributed by atoms with Gasteiger partial charge >= 0.3 is 7.82 Å². The number of fused-ring (bicyclic) bond motifs is 1. The SMILES string of the molecule is Cc1nc(F)ccc1[C@@H](c1cn(C2(C(F)F)CC2)nn1)N(c1cc(Cl)c2ncc(C#N)c(NCC(C)(C)C)c2c1)C(O)OCOP(=O)(O)O. The number of phosphoric acid groups is 1. The second-order valence-electron chi connectivity index (χ2n) is 12.7. The van der Waals surface area contributed by atoms with Crippen LogP contribution in [0.5, 0.6) is 0 Å². The standard InChI is InChI=1S/C30H33ClF3N8O6P/c1-16-19(5-6-23(32)38-16)26(22-13-41(40-39-22)30(7-8-30)27(33)34)42(28(43)47-15-48-49(44,45)46)18-9-20-24(37-14-29(2,3)4)17(11-35)12-36-25(20)21(31)10-18/h5-6,9-10,12-13,26-28,43H,7-8,14-15H2,1-4H3,(H,36,37)(H2,44,45,46)/t26-,28?/m0/s1.